The summed E-state index contributed by atoms with van der Waals surface area (Å²) in [5, 5.41) is -0.0379. The number of likely N-dealkylation sites (tertiary alicyclic amines) is 1. The summed E-state index contributed by atoms with van der Waals surface area (Å²) in [6, 6.07) is 2.89. The number of aryl methyl sites for hydroxylation is 1. The molecule has 2 aliphatic rings. The Morgan fingerprint density at radius 2 is 2.00 bits per heavy atom. The zero-order chi connectivity index (χ0) is 22.5. The third-order valence-corrected chi connectivity index (χ3v) is 6.41. The molecular formula is C23H31FN4O4. The first-order chi connectivity index (χ1) is 15.5. The van der Waals surface area contributed by atoms with Gasteiger partial charge >= 0.3 is 0 Å². The van der Waals surface area contributed by atoms with Gasteiger partial charge in [0, 0.05) is 58.2 Å². The number of carbonyl (C=O) groups is 1. The Labute approximate surface area is 186 Å². The van der Waals surface area contributed by atoms with E-state index in [1.165, 1.54) is 6.07 Å². The zero-order valence-electron chi connectivity index (χ0n) is 18.6. The van der Waals surface area contributed by atoms with Crippen LogP contribution in [0.3, 0.4) is 0 Å². The summed E-state index contributed by atoms with van der Waals surface area (Å²) in [4.78, 5) is 35.3. The second-order valence-corrected chi connectivity index (χ2v) is 8.60. The van der Waals surface area contributed by atoms with Gasteiger partial charge in [0.1, 0.15) is 29.4 Å². The minimum absolute atomic E-state index is 0.0379. The highest BCUT2D eigenvalue weighted by Gasteiger charge is 2.21. The Morgan fingerprint density at radius 3 is 2.72 bits per heavy atom. The van der Waals surface area contributed by atoms with Crippen molar-refractivity contribution >= 4 is 16.8 Å². The topological polar surface area (TPSA) is 87.8 Å². The lowest BCUT2D eigenvalue weighted by Gasteiger charge is -2.31. The van der Waals surface area contributed by atoms with Crippen LogP contribution in [0.4, 0.5) is 4.39 Å². The number of amides is 1. The van der Waals surface area contributed by atoms with Crippen LogP contribution in [0.15, 0.2) is 16.9 Å². The third-order valence-electron chi connectivity index (χ3n) is 6.41. The first kappa shape index (κ1) is 22.7. The number of nitrogens with one attached hydrogen (secondary N) is 1. The highest BCUT2D eigenvalue weighted by Crippen LogP contribution is 2.24. The smallest absolute Gasteiger partial charge is 0.261 e. The number of nitrogens with zero attached hydrogens (tertiary/aromatic N) is 3. The van der Waals surface area contributed by atoms with Crippen LogP contribution in [0, 0.1) is 11.7 Å². The van der Waals surface area contributed by atoms with Crippen molar-refractivity contribution in [1.82, 2.24) is 19.8 Å². The summed E-state index contributed by atoms with van der Waals surface area (Å²) in [5.74, 6) is 0.915. The molecular weight excluding hydrogens is 415 g/mol. The SMILES string of the molecule is CC(=O)N1CCC(CCc2nc3cc(OCCN4CCOCC4)cc(F)c3c(=O)[nH]2)CC1. The molecule has 1 aromatic carbocycles. The minimum atomic E-state index is -0.624. The normalized spacial score (nSPS) is 18.2. The maximum Gasteiger partial charge on any atom is 0.261 e. The van der Waals surface area contributed by atoms with Crippen LogP contribution in [0.2, 0.25) is 0 Å². The first-order valence-electron chi connectivity index (χ1n) is 11.4. The molecule has 0 radical (unpaired) electrons. The lowest BCUT2D eigenvalue weighted by atomic mass is 9.92. The van der Waals surface area contributed by atoms with Crippen molar-refractivity contribution in [2.24, 2.45) is 5.92 Å². The highest BCUT2D eigenvalue weighted by atomic mass is 19.1. The summed E-state index contributed by atoms with van der Waals surface area (Å²) in [6.45, 7) is 7.48. The van der Waals surface area contributed by atoms with Gasteiger partial charge in [0.05, 0.1) is 18.7 Å². The van der Waals surface area contributed by atoms with E-state index < -0.39 is 11.4 Å². The number of piperidine rings is 1. The van der Waals surface area contributed by atoms with E-state index in [2.05, 4.69) is 14.9 Å². The fourth-order valence-electron chi connectivity index (χ4n) is 4.44. The maximum atomic E-state index is 14.6. The summed E-state index contributed by atoms with van der Waals surface area (Å²) >= 11 is 0. The second-order valence-electron chi connectivity index (χ2n) is 8.60. The second kappa shape index (κ2) is 10.4. The number of aromatic nitrogens is 2. The van der Waals surface area contributed by atoms with E-state index in [4.69, 9.17) is 9.47 Å². The fraction of sp³-hybridized carbons (Fsp3) is 0.609. The van der Waals surface area contributed by atoms with Crippen LogP contribution in [-0.2, 0) is 16.0 Å². The van der Waals surface area contributed by atoms with Crippen molar-refractivity contribution in [3.05, 3.63) is 34.1 Å². The van der Waals surface area contributed by atoms with E-state index in [0.29, 0.717) is 36.0 Å². The van der Waals surface area contributed by atoms with Gasteiger partial charge in [-0.2, -0.15) is 0 Å². The van der Waals surface area contributed by atoms with Crippen molar-refractivity contribution in [2.75, 3.05) is 52.5 Å². The molecule has 2 saturated heterocycles. The Bertz CT molecular complexity index is 997. The number of H-pyrrole nitrogens is 1. The molecule has 2 aromatic rings. The van der Waals surface area contributed by atoms with Gasteiger partial charge < -0.3 is 19.4 Å². The Kier molecular flexibility index (Phi) is 7.36. The van der Waals surface area contributed by atoms with E-state index in [1.807, 2.05) is 4.90 Å². The van der Waals surface area contributed by atoms with Crippen LogP contribution in [0.1, 0.15) is 32.0 Å². The third kappa shape index (κ3) is 5.63. The van der Waals surface area contributed by atoms with Crippen LogP contribution in [0.25, 0.3) is 10.9 Å². The summed E-state index contributed by atoms with van der Waals surface area (Å²) in [7, 11) is 0. The molecule has 3 heterocycles. The van der Waals surface area contributed by atoms with E-state index in [1.54, 1.807) is 13.0 Å². The Hall–Kier alpha value is -2.52. The van der Waals surface area contributed by atoms with Crippen molar-refractivity contribution in [3.8, 4) is 5.75 Å². The van der Waals surface area contributed by atoms with Gasteiger partial charge in [-0.1, -0.05) is 0 Å². The molecule has 2 fully saturated rings. The van der Waals surface area contributed by atoms with Gasteiger partial charge in [0.15, 0.2) is 0 Å². The highest BCUT2D eigenvalue weighted by molar-refractivity contribution is 5.79. The molecule has 8 nitrogen and oxygen atoms in total. The first-order valence-corrected chi connectivity index (χ1v) is 11.4. The number of halogens is 1. The fourth-order valence-corrected chi connectivity index (χ4v) is 4.44. The molecule has 0 bridgehead atoms. The van der Waals surface area contributed by atoms with E-state index >= 15 is 0 Å². The largest absolute Gasteiger partial charge is 0.492 e. The number of benzene rings is 1. The molecule has 0 atom stereocenters. The molecule has 2 aliphatic heterocycles. The number of hydrogen-bond acceptors (Lipinski definition) is 6. The van der Waals surface area contributed by atoms with Crippen molar-refractivity contribution in [2.45, 2.75) is 32.6 Å². The molecule has 1 N–H and O–H groups in total. The number of hydrogen-bond donors (Lipinski definition) is 1. The predicted molar refractivity (Wildman–Crippen MR) is 118 cm³/mol. The van der Waals surface area contributed by atoms with Crippen LogP contribution in [-0.4, -0.2) is 78.2 Å². The quantitative estimate of drug-likeness (QED) is 0.700. The summed E-state index contributed by atoms with van der Waals surface area (Å²) < 4.78 is 25.7. The molecule has 1 amide bonds. The van der Waals surface area contributed by atoms with Crippen molar-refractivity contribution in [1.29, 1.82) is 0 Å². The summed E-state index contributed by atoms with van der Waals surface area (Å²) in [6.07, 6.45) is 3.39. The molecule has 0 spiro atoms. The molecule has 0 unspecified atom stereocenters. The number of ether oxygens (including phenoxy) is 2. The Balaban J connectivity index is 1.38. The summed E-state index contributed by atoms with van der Waals surface area (Å²) in [5.41, 5.74) is -0.148. The number of morpholine rings is 1. The molecule has 1 aromatic heterocycles. The average Bonchev–Trinajstić information content (AvgIpc) is 2.78. The van der Waals surface area contributed by atoms with Crippen LogP contribution in [0.5, 0.6) is 5.75 Å². The molecule has 0 aliphatic carbocycles. The molecule has 0 saturated carbocycles. The number of rotatable bonds is 7. The molecule has 4 rings (SSSR count). The molecule has 9 heteroatoms. The van der Waals surface area contributed by atoms with Gasteiger partial charge in [-0.15, -0.1) is 0 Å². The standard InChI is InChI=1S/C23H31FN4O4/c1-16(29)28-6-4-17(5-7-28)2-3-21-25-20-15-18(14-19(24)22(20)23(30)26-21)32-13-10-27-8-11-31-12-9-27/h14-15,17H,2-13H2,1H3,(H,25,26,30). The van der Waals surface area contributed by atoms with Crippen molar-refractivity contribution < 1.29 is 18.7 Å². The van der Waals surface area contributed by atoms with E-state index in [9.17, 15) is 14.0 Å². The van der Waals surface area contributed by atoms with Gasteiger partial charge in [0.2, 0.25) is 5.91 Å². The van der Waals surface area contributed by atoms with Gasteiger partial charge in [-0.3, -0.25) is 14.5 Å². The van der Waals surface area contributed by atoms with Gasteiger partial charge in [0.25, 0.3) is 5.56 Å². The van der Waals surface area contributed by atoms with E-state index in [0.717, 1.165) is 65.2 Å². The number of fused-ring (bicyclic) bond motifs is 1. The Morgan fingerprint density at radius 1 is 1.25 bits per heavy atom. The van der Waals surface area contributed by atoms with E-state index in [-0.39, 0.29) is 11.3 Å². The van der Waals surface area contributed by atoms with Gasteiger partial charge in [-0.05, 0) is 25.2 Å². The van der Waals surface area contributed by atoms with Crippen LogP contribution >= 0.6 is 0 Å². The van der Waals surface area contributed by atoms with Gasteiger partial charge in [-0.25, -0.2) is 9.37 Å². The minimum Gasteiger partial charge on any atom is -0.492 e. The zero-order valence-corrected chi connectivity index (χ0v) is 18.6. The monoisotopic (exact) mass is 446 g/mol. The number of aromatic amines is 1. The molecule has 32 heavy (non-hydrogen) atoms. The average molecular weight is 447 g/mol. The lowest BCUT2D eigenvalue weighted by Crippen LogP contribution is -2.38. The number of carbonyl (C=O) groups excluding carboxylic acids is 1. The maximum absolute atomic E-state index is 14.6. The predicted octanol–water partition coefficient (Wildman–Crippen LogP) is 1.96. The lowest BCUT2D eigenvalue weighted by molar-refractivity contribution is -0.130. The van der Waals surface area contributed by atoms with Crippen molar-refractivity contribution in [3.63, 3.8) is 0 Å². The molecule has 174 valence electrons. The van der Waals surface area contributed by atoms with Crippen LogP contribution < -0.4 is 10.3 Å².